The lowest BCUT2D eigenvalue weighted by atomic mass is 10.2. The summed E-state index contributed by atoms with van der Waals surface area (Å²) in [5, 5.41) is 11.5. The minimum atomic E-state index is 0.572. The summed E-state index contributed by atoms with van der Waals surface area (Å²) >= 11 is 3.45. The highest BCUT2D eigenvalue weighted by Crippen LogP contribution is 2.22. The molecule has 21 heavy (non-hydrogen) atoms. The van der Waals surface area contributed by atoms with Crippen LogP contribution in [0.15, 0.2) is 28.9 Å². The Labute approximate surface area is 133 Å². The Morgan fingerprint density at radius 2 is 2.24 bits per heavy atom. The van der Waals surface area contributed by atoms with Gasteiger partial charge in [-0.15, -0.1) is 5.10 Å². The van der Waals surface area contributed by atoms with Crippen LogP contribution in [0.25, 0.3) is 0 Å². The minimum Gasteiger partial charge on any atom is -0.491 e. The lowest BCUT2D eigenvalue weighted by Crippen LogP contribution is -2.14. The van der Waals surface area contributed by atoms with E-state index in [0.717, 1.165) is 41.0 Å². The summed E-state index contributed by atoms with van der Waals surface area (Å²) in [4.78, 5) is 0. The van der Waals surface area contributed by atoms with Crippen molar-refractivity contribution >= 4 is 15.9 Å². The number of aryl methyl sites for hydroxylation is 1. The number of nitrogens with one attached hydrogen (secondary N) is 1. The Morgan fingerprint density at radius 1 is 1.38 bits per heavy atom. The highest BCUT2D eigenvalue weighted by Gasteiger charge is 2.03. The molecule has 0 amide bonds. The molecule has 0 radical (unpaired) electrons. The fraction of sp³-hybridized carbons (Fsp3) is 0.467. The van der Waals surface area contributed by atoms with Crippen LogP contribution < -0.4 is 10.1 Å². The summed E-state index contributed by atoms with van der Waals surface area (Å²) in [6.45, 7) is 7.20. The van der Waals surface area contributed by atoms with Crippen molar-refractivity contribution in [2.75, 3.05) is 13.2 Å². The molecule has 2 rings (SSSR count). The number of hydrogen-bond acceptors (Lipinski definition) is 4. The molecule has 0 spiro atoms. The third-order valence-electron chi connectivity index (χ3n) is 3.05. The summed E-state index contributed by atoms with van der Waals surface area (Å²) in [6, 6.07) is 6.03. The van der Waals surface area contributed by atoms with Crippen LogP contribution in [0.5, 0.6) is 5.75 Å². The minimum absolute atomic E-state index is 0.572. The number of ether oxygens (including phenoxy) is 1. The first-order chi connectivity index (χ1) is 10.2. The molecule has 0 aliphatic rings. The Kier molecular flexibility index (Phi) is 6.20. The average molecular weight is 353 g/mol. The summed E-state index contributed by atoms with van der Waals surface area (Å²) in [5.41, 5.74) is 2.09. The first-order valence-electron chi connectivity index (χ1n) is 7.17. The number of nitrogens with zero attached hydrogens (tertiary/aromatic N) is 3. The maximum atomic E-state index is 5.80. The van der Waals surface area contributed by atoms with Crippen molar-refractivity contribution in [2.24, 2.45) is 0 Å². The van der Waals surface area contributed by atoms with Gasteiger partial charge in [0.05, 0.1) is 12.2 Å². The molecule has 6 heteroatoms. The summed E-state index contributed by atoms with van der Waals surface area (Å²) in [5.74, 6) is 0.898. The van der Waals surface area contributed by atoms with Gasteiger partial charge in [-0.05, 0) is 37.6 Å². The van der Waals surface area contributed by atoms with E-state index < -0.39 is 0 Å². The lowest BCUT2D eigenvalue weighted by molar-refractivity contribution is 0.288. The standard InChI is InChI=1S/C15H21BrN4O/c1-3-6-17-10-14-11-20(19-18-14)7-8-21-15-9-13(16)5-4-12(15)2/h4-5,9,11,17H,3,6-8,10H2,1-2H3. The van der Waals surface area contributed by atoms with Crippen molar-refractivity contribution in [3.05, 3.63) is 40.1 Å². The van der Waals surface area contributed by atoms with E-state index >= 15 is 0 Å². The van der Waals surface area contributed by atoms with Crippen LogP contribution in [0.2, 0.25) is 0 Å². The van der Waals surface area contributed by atoms with Gasteiger partial charge in [0.2, 0.25) is 0 Å². The van der Waals surface area contributed by atoms with E-state index in [1.165, 1.54) is 0 Å². The molecular weight excluding hydrogens is 332 g/mol. The van der Waals surface area contributed by atoms with Gasteiger partial charge in [0.25, 0.3) is 0 Å². The predicted molar refractivity (Wildman–Crippen MR) is 86.4 cm³/mol. The van der Waals surface area contributed by atoms with Gasteiger partial charge in [-0.1, -0.05) is 34.1 Å². The zero-order valence-corrected chi connectivity index (χ0v) is 14.1. The molecule has 1 N–H and O–H groups in total. The van der Waals surface area contributed by atoms with Crippen molar-refractivity contribution in [3.63, 3.8) is 0 Å². The fourth-order valence-electron chi connectivity index (χ4n) is 1.90. The SMILES string of the molecule is CCCNCc1cn(CCOc2cc(Br)ccc2C)nn1. The second kappa shape index (κ2) is 8.14. The zero-order valence-electron chi connectivity index (χ0n) is 12.5. The van der Waals surface area contributed by atoms with E-state index in [4.69, 9.17) is 4.74 Å². The van der Waals surface area contributed by atoms with Crippen LogP contribution in [0.3, 0.4) is 0 Å². The van der Waals surface area contributed by atoms with E-state index in [0.29, 0.717) is 13.2 Å². The van der Waals surface area contributed by atoms with Crippen LogP contribution in [-0.2, 0) is 13.1 Å². The van der Waals surface area contributed by atoms with E-state index in [-0.39, 0.29) is 0 Å². The predicted octanol–water partition coefficient (Wildman–Crippen LogP) is 2.93. The number of benzene rings is 1. The highest BCUT2D eigenvalue weighted by atomic mass is 79.9. The van der Waals surface area contributed by atoms with Crippen LogP contribution in [0.1, 0.15) is 24.6 Å². The number of rotatable bonds is 8. The van der Waals surface area contributed by atoms with Gasteiger partial charge >= 0.3 is 0 Å². The van der Waals surface area contributed by atoms with Crippen LogP contribution >= 0.6 is 15.9 Å². The molecule has 1 heterocycles. The molecule has 0 bridgehead atoms. The van der Waals surface area contributed by atoms with Gasteiger partial charge < -0.3 is 10.1 Å². The highest BCUT2D eigenvalue weighted by molar-refractivity contribution is 9.10. The summed E-state index contributed by atoms with van der Waals surface area (Å²) in [6.07, 6.45) is 3.08. The quantitative estimate of drug-likeness (QED) is 0.742. The maximum Gasteiger partial charge on any atom is 0.123 e. The molecular formula is C15H21BrN4O. The molecule has 0 aliphatic heterocycles. The Hall–Kier alpha value is -1.40. The van der Waals surface area contributed by atoms with Gasteiger partial charge in [-0.2, -0.15) is 0 Å². The topological polar surface area (TPSA) is 52.0 Å². The molecule has 0 unspecified atom stereocenters. The van der Waals surface area contributed by atoms with Crippen molar-refractivity contribution < 1.29 is 4.74 Å². The molecule has 114 valence electrons. The van der Waals surface area contributed by atoms with Crippen molar-refractivity contribution in [1.82, 2.24) is 20.3 Å². The Morgan fingerprint density at radius 3 is 3.05 bits per heavy atom. The Balaban J connectivity index is 1.79. The molecule has 1 aromatic carbocycles. The number of aromatic nitrogens is 3. The molecule has 0 atom stereocenters. The van der Waals surface area contributed by atoms with Gasteiger partial charge in [0.15, 0.2) is 0 Å². The van der Waals surface area contributed by atoms with E-state index in [1.54, 1.807) is 0 Å². The third-order valence-corrected chi connectivity index (χ3v) is 3.54. The van der Waals surface area contributed by atoms with Gasteiger partial charge in [-0.25, -0.2) is 4.68 Å². The van der Waals surface area contributed by atoms with Crippen LogP contribution in [0, 0.1) is 6.92 Å². The molecule has 0 fully saturated rings. The van der Waals surface area contributed by atoms with Crippen molar-refractivity contribution in [3.8, 4) is 5.75 Å². The molecule has 0 saturated heterocycles. The molecule has 2 aromatic rings. The van der Waals surface area contributed by atoms with Gasteiger partial charge in [0, 0.05) is 17.2 Å². The molecule has 1 aromatic heterocycles. The second-order valence-electron chi connectivity index (χ2n) is 4.91. The molecule has 0 saturated carbocycles. The van der Waals surface area contributed by atoms with Crippen LogP contribution in [0.4, 0.5) is 0 Å². The van der Waals surface area contributed by atoms with Crippen LogP contribution in [-0.4, -0.2) is 28.1 Å². The number of hydrogen-bond donors (Lipinski definition) is 1. The Bertz CT molecular complexity index is 571. The normalized spacial score (nSPS) is 10.8. The smallest absolute Gasteiger partial charge is 0.123 e. The van der Waals surface area contributed by atoms with E-state index in [1.807, 2.05) is 36.0 Å². The first kappa shape index (κ1) is 16.0. The van der Waals surface area contributed by atoms with E-state index in [2.05, 4.69) is 38.5 Å². The lowest BCUT2D eigenvalue weighted by Gasteiger charge is -2.09. The largest absolute Gasteiger partial charge is 0.491 e. The zero-order chi connectivity index (χ0) is 15.1. The van der Waals surface area contributed by atoms with E-state index in [9.17, 15) is 0 Å². The molecule has 0 aliphatic carbocycles. The first-order valence-corrected chi connectivity index (χ1v) is 7.97. The van der Waals surface area contributed by atoms with Crippen molar-refractivity contribution in [2.45, 2.75) is 33.4 Å². The number of halogens is 1. The monoisotopic (exact) mass is 352 g/mol. The molecule has 5 nitrogen and oxygen atoms in total. The maximum absolute atomic E-state index is 5.80. The summed E-state index contributed by atoms with van der Waals surface area (Å²) in [7, 11) is 0. The van der Waals surface area contributed by atoms with Gasteiger partial charge in [0.1, 0.15) is 12.4 Å². The second-order valence-corrected chi connectivity index (χ2v) is 5.82. The third kappa shape index (κ3) is 5.13. The summed E-state index contributed by atoms with van der Waals surface area (Å²) < 4.78 is 8.63. The van der Waals surface area contributed by atoms with Crippen molar-refractivity contribution in [1.29, 1.82) is 0 Å². The average Bonchev–Trinajstić information content (AvgIpc) is 2.91. The fourth-order valence-corrected chi connectivity index (χ4v) is 2.24. The van der Waals surface area contributed by atoms with Gasteiger partial charge in [-0.3, -0.25) is 0 Å².